The molecule has 1 saturated heterocycles. The first-order valence-corrected chi connectivity index (χ1v) is 9.92. The van der Waals surface area contributed by atoms with E-state index >= 15 is 0 Å². The summed E-state index contributed by atoms with van der Waals surface area (Å²) < 4.78 is 0. The molecule has 1 aromatic rings. The Bertz CT molecular complexity index is 552. The number of piperazine rings is 1. The molecule has 1 N–H and O–H groups in total. The summed E-state index contributed by atoms with van der Waals surface area (Å²) in [6, 6.07) is 6.13. The van der Waals surface area contributed by atoms with E-state index in [1.54, 1.807) is 0 Å². The van der Waals surface area contributed by atoms with E-state index in [2.05, 4.69) is 15.1 Å². The molecule has 1 aliphatic carbocycles. The monoisotopic (exact) mass is 343 g/mol. The second-order valence-corrected chi connectivity index (χ2v) is 7.90. The molecular weight excluding hydrogens is 310 g/mol. The van der Waals surface area contributed by atoms with Gasteiger partial charge in [0.15, 0.2) is 0 Å². The molecule has 0 unspecified atom stereocenters. The predicted octanol–water partition coefficient (Wildman–Crippen LogP) is 3.44. The van der Waals surface area contributed by atoms with Crippen molar-refractivity contribution in [3.8, 4) is 0 Å². The highest BCUT2D eigenvalue weighted by molar-refractivity contribution is 5.93. The van der Waals surface area contributed by atoms with Crippen molar-refractivity contribution in [3.63, 3.8) is 0 Å². The van der Waals surface area contributed by atoms with Gasteiger partial charge in [-0.3, -0.25) is 9.69 Å². The number of anilines is 1. The molecule has 3 rings (SSSR count). The number of carbonyl (C=O) groups excluding carboxylic acids is 1. The van der Waals surface area contributed by atoms with E-state index in [-0.39, 0.29) is 5.91 Å². The minimum absolute atomic E-state index is 0.109. The first-order chi connectivity index (χ1) is 12.1. The summed E-state index contributed by atoms with van der Waals surface area (Å²) in [5.74, 6) is 1.02. The molecule has 1 heterocycles. The van der Waals surface area contributed by atoms with E-state index in [4.69, 9.17) is 0 Å². The van der Waals surface area contributed by atoms with Gasteiger partial charge in [-0.05, 0) is 43.7 Å². The fraction of sp³-hybridized carbons (Fsp3) is 0.667. The molecule has 0 atom stereocenters. The molecule has 1 saturated carbocycles. The summed E-state index contributed by atoms with van der Waals surface area (Å²) in [6.45, 7) is 10.1. The first-order valence-electron chi connectivity index (χ1n) is 9.92. The summed E-state index contributed by atoms with van der Waals surface area (Å²) in [5.41, 5.74) is 3.24. The molecule has 0 bridgehead atoms. The molecule has 1 amide bonds. The second kappa shape index (κ2) is 8.81. The van der Waals surface area contributed by atoms with Crippen LogP contribution < -0.4 is 5.32 Å². The third kappa shape index (κ3) is 5.29. The van der Waals surface area contributed by atoms with Crippen LogP contribution in [0.5, 0.6) is 0 Å². The van der Waals surface area contributed by atoms with Crippen LogP contribution in [0, 0.1) is 19.8 Å². The molecule has 0 aromatic heterocycles. The van der Waals surface area contributed by atoms with Crippen molar-refractivity contribution < 1.29 is 4.79 Å². The molecule has 2 fully saturated rings. The fourth-order valence-electron chi connectivity index (χ4n) is 4.26. The van der Waals surface area contributed by atoms with E-state index < -0.39 is 0 Å². The Morgan fingerprint density at radius 2 is 1.60 bits per heavy atom. The Labute approximate surface area is 152 Å². The SMILES string of the molecule is Cc1cccc(C)c1NC(=O)CN1CCN(CC2CCCCC2)CC1. The highest BCUT2D eigenvalue weighted by atomic mass is 16.2. The maximum absolute atomic E-state index is 12.4. The summed E-state index contributed by atoms with van der Waals surface area (Å²) >= 11 is 0. The molecule has 4 nitrogen and oxygen atoms in total. The zero-order chi connectivity index (χ0) is 17.6. The van der Waals surface area contributed by atoms with Gasteiger partial charge in [0.1, 0.15) is 0 Å². The van der Waals surface area contributed by atoms with Gasteiger partial charge in [-0.15, -0.1) is 0 Å². The number of hydrogen-bond donors (Lipinski definition) is 1. The number of nitrogens with one attached hydrogen (secondary N) is 1. The van der Waals surface area contributed by atoms with Crippen molar-refractivity contribution in [2.45, 2.75) is 46.0 Å². The van der Waals surface area contributed by atoms with Gasteiger partial charge in [-0.1, -0.05) is 37.5 Å². The summed E-state index contributed by atoms with van der Waals surface area (Å²) in [7, 11) is 0. The Balaban J connectivity index is 1.41. The van der Waals surface area contributed by atoms with Gasteiger partial charge in [0.25, 0.3) is 0 Å². The van der Waals surface area contributed by atoms with Gasteiger partial charge in [0, 0.05) is 38.4 Å². The van der Waals surface area contributed by atoms with Crippen molar-refractivity contribution in [2.75, 3.05) is 44.6 Å². The lowest BCUT2D eigenvalue weighted by Gasteiger charge is -2.37. The molecule has 138 valence electrons. The topological polar surface area (TPSA) is 35.6 Å². The van der Waals surface area contributed by atoms with Crippen molar-refractivity contribution in [3.05, 3.63) is 29.3 Å². The number of amides is 1. The first kappa shape index (κ1) is 18.4. The Morgan fingerprint density at radius 1 is 1.00 bits per heavy atom. The highest BCUT2D eigenvalue weighted by Crippen LogP contribution is 2.24. The minimum atomic E-state index is 0.109. The Morgan fingerprint density at radius 3 is 2.24 bits per heavy atom. The molecule has 4 heteroatoms. The summed E-state index contributed by atoms with van der Waals surface area (Å²) in [5, 5.41) is 3.11. The third-order valence-corrected chi connectivity index (χ3v) is 5.82. The van der Waals surface area contributed by atoms with Gasteiger partial charge in [0.05, 0.1) is 6.54 Å². The van der Waals surface area contributed by atoms with E-state index in [1.165, 1.54) is 38.6 Å². The maximum atomic E-state index is 12.4. The zero-order valence-electron chi connectivity index (χ0n) is 15.9. The Kier molecular flexibility index (Phi) is 6.49. The van der Waals surface area contributed by atoms with Crippen LogP contribution in [0.3, 0.4) is 0 Å². The van der Waals surface area contributed by atoms with Crippen LogP contribution in [0.15, 0.2) is 18.2 Å². The van der Waals surface area contributed by atoms with Gasteiger partial charge >= 0.3 is 0 Å². The average molecular weight is 344 g/mol. The molecule has 0 spiro atoms. The standard InChI is InChI=1S/C21H33N3O/c1-17-7-6-8-18(2)21(17)22-20(25)16-24-13-11-23(12-14-24)15-19-9-4-3-5-10-19/h6-8,19H,3-5,9-16H2,1-2H3,(H,22,25). The molecule has 0 radical (unpaired) electrons. The van der Waals surface area contributed by atoms with Crippen LogP contribution >= 0.6 is 0 Å². The van der Waals surface area contributed by atoms with Crippen LogP contribution in [0.25, 0.3) is 0 Å². The van der Waals surface area contributed by atoms with Gasteiger partial charge in [-0.25, -0.2) is 0 Å². The molecule has 1 aliphatic heterocycles. The van der Waals surface area contributed by atoms with Crippen LogP contribution in [0.2, 0.25) is 0 Å². The lowest BCUT2D eigenvalue weighted by atomic mass is 9.89. The Hall–Kier alpha value is -1.39. The lowest BCUT2D eigenvalue weighted by molar-refractivity contribution is -0.117. The van der Waals surface area contributed by atoms with Crippen LogP contribution in [-0.4, -0.2) is 55.0 Å². The summed E-state index contributed by atoms with van der Waals surface area (Å²) in [6.07, 6.45) is 7.10. The van der Waals surface area contributed by atoms with E-state index in [1.807, 2.05) is 32.0 Å². The highest BCUT2D eigenvalue weighted by Gasteiger charge is 2.22. The number of hydrogen-bond acceptors (Lipinski definition) is 3. The zero-order valence-corrected chi connectivity index (χ0v) is 15.9. The number of nitrogens with zero attached hydrogens (tertiary/aromatic N) is 2. The molecular formula is C21H33N3O. The number of rotatable bonds is 5. The fourth-order valence-corrected chi connectivity index (χ4v) is 4.26. The number of carbonyl (C=O) groups is 1. The average Bonchev–Trinajstić information content (AvgIpc) is 2.61. The number of aryl methyl sites for hydroxylation is 2. The second-order valence-electron chi connectivity index (χ2n) is 7.90. The van der Waals surface area contributed by atoms with Gasteiger partial charge in [-0.2, -0.15) is 0 Å². The van der Waals surface area contributed by atoms with Crippen LogP contribution in [-0.2, 0) is 4.79 Å². The predicted molar refractivity (Wildman–Crippen MR) is 104 cm³/mol. The smallest absolute Gasteiger partial charge is 0.238 e. The molecule has 2 aliphatic rings. The van der Waals surface area contributed by atoms with Gasteiger partial charge in [0.2, 0.25) is 5.91 Å². The van der Waals surface area contributed by atoms with E-state index in [0.717, 1.165) is 48.9 Å². The van der Waals surface area contributed by atoms with Crippen molar-refractivity contribution in [1.82, 2.24) is 9.80 Å². The van der Waals surface area contributed by atoms with E-state index in [9.17, 15) is 4.79 Å². The summed E-state index contributed by atoms with van der Waals surface area (Å²) in [4.78, 5) is 17.3. The van der Waals surface area contributed by atoms with Crippen LogP contribution in [0.4, 0.5) is 5.69 Å². The quantitative estimate of drug-likeness (QED) is 0.889. The normalized spacial score (nSPS) is 20.6. The van der Waals surface area contributed by atoms with Crippen molar-refractivity contribution >= 4 is 11.6 Å². The largest absolute Gasteiger partial charge is 0.324 e. The number of benzene rings is 1. The third-order valence-electron chi connectivity index (χ3n) is 5.82. The number of para-hydroxylation sites is 1. The molecule has 25 heavy (non-hydrogen) atoms. The van der Waals surface area contributed by atoms with Crippen molar-refractivity contribution in [1.29, 1.82) is 0 Å². The maximum Gasteiger partial charge on any atom is 0.238 e. The van der Waals surface area contributed by atoms with E-state index in [0.29, 0.717) is 6.54 Å². The van der Waals surface area contributed by atoms with Crippen molar-refractivity contribution in [2.24, 2.45) is 5.92 Å². The molecule has 1 aromatic carbocycles. The minimum Gasteiger partial charge on any atom is -0.324 e. The van der Waals surface area contributed by atoms with Crippen LogP contribution in [0.1, 0.15) is 43.2 Å². The van der Waals surface area contributed by atoms with Gasteiger partial charge < -0.3 is 10.2 Å². The lowest BCUT2D eigenvalue weighted by Crippen LogP contribution is -2.49.